The summed E-state index contributed by atoms with van der Waals surface area (Å²) in [6.45, 7) is 6.30. The van der Waals surface area contributed by atoms with E-state index in [-0.39, 0.29) is 5.82 Å². The van der Waals surface area contributed by atoms with Crippen molar-refractivity contribution in [2.24, 2.45) is 0 Å². The molecule has 3 nitrogen and oxygen atoms in total. The molecular formula is C24H22FN3S. The number of aromatic nitrogens is 3. The van der Waals surface area contributed by atoms with E-state index in [4.69, 9.17) is 0 Å². The number of rotatable bonds is 5. The lowest BCUT2D eigenvalue weighted by molar-refractivity contribution is 0.628. The SMILES string of the molecule is Cc1ccc(-n2c(SCc3cc(C)ccc3C)nnc2-c2ccc(F)cc2)cc1. The summed E-state index contributed by atoms with van der Waals surface area (Å²) in [5.41, 5.74) is 6.81. The first-order chi connectivity index (χ1) is 14.0. The molecule has 1 aromatic heterocycles. The van der Waals surface area contributed by atoms with Crippen molar-refractivity contribution in [3.63, 3.8) is 0 Å². The van der Waals surface area contributed by atoms with E-state index in [0.717, 1.165) is 22.2 Å². The number of benzene rings is 3. The Kier molecular flexibility index (Phi) is 5.49. The lowest BCUT2D eigenvalue weighted by Gasteiger charge is -2.12. The van der Waals surface area contributed by atoms with Crippen LogP contribution in [0.4, 0.5) is 4.39 Å². The molecule has 0 aliphatic heterocycles. The highest BCUT2D eigenvalue weighted by atomic mass is 32.2. The highest BCUT2D eigenvalue weighted by Crippen LogP contribution is 2.30. The van der Waals surface area contributed by atoms with Gasteiger partial charge in [-0.05, 0) is 68.3 Å². The molecule has 1 heterocycles. The third-order valence-electron chi connectivity index (χ3n) is 4.89. The molecule has 0 aliphatic carbocycles. The summed E-state index contributed by atoms with van der Waals surface area (Å²) >= 11 is 1.66. The Morgan fingerprint density at radius 2 is 1.52 bits per heavy atom. The predicted molar refractivity (Wildman–Crippen MR) is 117 cm³/mol. The van der Waals surface area contributed by atoms with Crippen LogP contribution < -0.4 is 0 Å². The molecule has 0 saturated carbocycles. The third kappa shape index (κ3) is 4.25. The van der Waals surface area contributed by atoms with Gasteiger partial charge in [0.25, 0.3) is 0 Å². The molecule has 29 heavy (non-hydrogen) atoms. The molecule has 0 amide bonds. The highest BCUT2D eigenvalue weighted by Gasteiger charge is 2.16. The van der Waals surface area contributed by atoms with Gasteiger partial charge in [-0.3, -0.25) is 4.57 Å². The molecule has 4 aromatic rings. The fraction of sp³-hybridized carbons (Fsp3) is 0.167. The summed E-state index contributed by atoms with van der Waals surface area (Å²) in [7, 11) is 0. The van der Waals surface area contributed by atoms with Gasteiger partial charge in [0.05, 0.1) is 0 Å². The zero-order valence-electron chi connectivity index (χ0n) is 16.7. The van der Waals surface area contributed by atoms with Gasteiger partial charge in [-0.25, -0.2) is 4.39 Å². The maximum Gasteiger partial charge on any atom is 0.196 e. The number of thioether (sulfide) groups is 1. The lowest BCUT2D eigenvalue weighted by Crippen LogP contribution is -2.00. The largest absolute Gasteiger partial charge is 0.270 e. The predicted octanol–water partition coefficient (Wildman–Crippen LogP) is 6.29. The van der Waals surface area contributed by atoms with Gasteiger partial charge in [0.1, 0.15) is 5.82 Å². The Morgan fingerprint density at radius 3 is 2.24 bits per heavy atom. The molecule has 0 bridgehead atoms. The van der Waals surface area contributed by atoms with Crippen LogP contribution in [0.15, 0.2) is 71.9 Å². The number of halogens is 1. The molecule has 5 heteroatoms. The first-order valence-corrected chi connectivity index (χ1v) is 10.5. The molecule has 0 saturated heterocycles. The second-order valence-corrected chi connectivity index (χ2v) is 8.15. The van der Waals surface area contributed by atoms with Gasteiger partial charge in [0.15, 0.2) is 11.0 Å². The number of hydrogen-bond donors (Lipinski definition) is 0. The van der Waals surface area contributed by atoms with Crippen LogP contribution in [-0.4, -0.2) is 14.8 Å². The molecule has 0 radical (unpaired) electrons. The van der Waals surface area contributed by atoms with E-state index in [2.05, 4.69) is 73.4 Å². The van der Waals surface area contributed by atoms with E-state index in [1.165, 1.54) is 34.4 Å². The van der Waals surface area contributed by atoms with Crippen LogP contribution in [0.1, 0.15) is 22.3 Å². The zero-order chi connectivity index (χ0) is 20.4. The lowest BCUT2D eigenvalue weighted by atomic mass is 10.1. The maximum absolute atomic E-state index is 13.4. The molecule has 146 valence electrons. The van der Waals surface area contributed by atoms with Crippen LogP contribution in [-0.2, 0) is 5.75 Å². The minimum atomic E-state index is -0.264. The highest BCUT2D eigenvalue weighted by molar-refractivity contribution is 7.98. The molecular weight excluding hydrogens is 381 g/mol. The monoisotopic (exact) mass is 403 g/mol. The van der Waals surface area contributed by atoms with Crippen LogP contribution in [0, 0.1) is 26.6 Å². The second-order valence-electron chi connectivity index (χ2n) is 7.20. The van der Waals surface area contributed by atoms with Crippen LogP contribution >= 0.6 is 11.8 Å². The van der Waals surface area contributed by atoms with Crippen molar-refractivity contribution >= 4 is 11.8 Å². The van der Waals surface area contributed by atoms with Crippen molar-refractivity contribution in [2.75, 3.05) is 0 Å². The van der Waals surface area contributed by atoms with E-state index < -0.39 is 0 Å². The molecule has 0 fully saturated rings. The average Bonchev–Trinajstić information content (AvgIpc) is 3.14. The molecule has 3 aromatic carbocycles. The van der Waals surface area contributed by atoms with Crippen LogP contribution in [0.2, 0.25) is 0 Å². The average molecular weight is 404 g/mol. The maximum atomic E-state index is 13.4. The van der Waals surface area contributed by atoms with Crippen LogP contribution in [0.5, 0.6) is 0 Å². The van der Waals surface area contributed by atoms with E-state index >= 15 is 0 Å². The van der Waals surface area contributed by atoms with Crippen molar-refractivity contribution in [1.29, 1.82) is 0 Å². The van der Waals surface area contributed by atoms with E-state index in [1.54, 1.807) is 23.9 Å². The fourth-order valence-corrected chi connectivity index (χ4v) is 4.19. The topological polar surface area (TPSA) is 30.7 Å². The molecule has 0 aliphatic rings. The molecule has 0 atom stereocenters. The normalized spacial score (nSPS) is 11.0. The first-order valence-electron chi connectivity index (χ1n) is 9.48. The number of hydrogen-bond acceptors (Lipinski definition) is 3. The summed E-state index contributed by atoms with van der Waals surface area (Å²) in [6.07, 6.45) is 0. The van der Waals surface area contributed by atoms with Gasteiger partial charge < -0.3 is 0 Å². The van der Waals surface area contributed by atoms with Crippen LogP contribution in [0.3, 0.4) is 0 Å². The smallest absolute Gasteiger partial charge is 0.196 e. The molecule has 0 unspecified atom stereocenters. The van der Waals surface area contributed by atoms with Gasteiger partial charge in [-0.1, -0.05) is 53.2 Å². The molecule has 4 rings (SSSR count). The Bertz CT molecular complexity index is 1130. The standard InChI is InChI=1S/C24H22FN3S/c1-16-5-12-22(13-6-16)28-23(19-8-10-21(25)11-9-19)26-27-24(28)29-15-20-14-17(2)4-7-18(20)3/h4-14H,15H2,1-3H3. The molecule has 0 spiro atoms. The minimum Gasteiger partial charge on any atom is -0.270 e. The first kappa shape index (κ1) is 19.4. The van der Waals surface area contributed by atoms with Crippen molar-refractivity contribution in [3.05, 3.63) is 94.8 Å². The summed E-state index contributed by atoms with van der Waals surface area (Å²) < 4.78 is 15.5. The quantitative estimate of drug-likeness (QED) is 0.367. The third-order valence-corrected chi connectivity index (χ3v) is 5.87. The minimum absolute atomic E-state index is 0.264. The van der Waals surface area contributed by atoms with Gasteiger partial charge in [-0.2, -0.15) is 0 Å². The van der Waals surface area contributed by atoms with E-state index in [1.807, 2.05) is 4.57 Å². The summed E-state index contributed by atoms with van der Waals surface area (Å²) in [5, 5.41) is 9.71. The van der Waals surface area contributed by atoms with Gasteiger partial charge in [-0.15, -0.1) is 10.2 Å². The van der Waals surface area contributed by atoms with Gasteiger partial charge in [0.2, 0.25) is 0 Å². The van der Waals surface area contributed by atoms with Crippen LogP contribution in [0.25, 0.3) is 17.1 Å². The van der Waals surface area contributed by atoms with Gasteiger partial charge >= 0.3 is 0 Å². The summed E-state index contributed by atoms with van der Waals surface area (Å²) in [6, 6.07) is 21.2. The Labute approximate surface area is 174 Å². The van der Waals surface area contributed by atoms with Crippen molar-refractivity contribution in [2.45, 2.75) is 31.7 Å². The zero-order valence-corrected chi connectivity index (χ0v) is 17.5. The number of nitrogens with zero attached hydrogens (tertiary/aromatic N) is 3. The second kappa shape index (κ2) is 8.21. The summed E-state index contributed by atoms with van der Waals surface area (Å²) in [5.74, 6) is 1.25. The van der Waals surface area contributed by atoms with Gasteiger partial charge in [0, 0.05) is 17.0 Å². The Morgan fingerprint density at radius 1 is 0.828 bits per heavy atom. The summed E-state index contributed by atoms with van der Waals surface area (Å²) in [4.78, 5) is 0. The van der Waals surface area contributed by atoms with E-state index in [9.17, 15) is 4.39 Å². The molecule has 0 N–H and O–H groups in total. The van der Waals surface area contributed by atoms with Crippen molar-refractivity contribution in [3.8, 4) is 17.1 Å². The van der Waals surface area contributed by atoms with E-state index in [0.29, 0.717) is 5.82 Å². The Hall–Kier alpha value is -2.92. The fourth-order valence-electron chi connectivity index (χ4n) is 3.17. The number of aryl methyl sites for hydroxylation is 3. The Balaban J connectivity index is 1.74. The van der Waals surface area contributed by atoms with Crippen molar-refractivity contribution < 1.29 is 4.39 Å². The van der Waals surface area contributed by atoms with Crippen molar-refractivity contribution in [1.82, 2.24) is 14.8 Å².